The molecule has 0 heterocycles. The summed E-state index contributed by atoms with van der Waals surface area (Å²) >= 11 is 4.26. The molecule has 0 aromatic heterocycles. The van der Waals surface area contributed by atoms with Gasteiger partial charge in [0.2, 0.25) is 0 Å². The fraction of sp³-hybridized carbons (Fsp3) is 0.462. The Balaban J connectivity index is 2.29. The molecule has 1 amide bonds. The SMILES string of the molecule is CN(C)CCCCNC(=O)c1ccccc1S. The molecular formula is C13H20N2OS. The van der Waals surface area contributed by atoms with Crippen LogP contribution in [0.4, 0.5) is 0 Å². The molecule has 0 aliphatic heterocycles. The molecule has 0 unspecified atom stereocenters. The number of thiol groups is 1. The molecule has 0 bridgehead atoms. The molecule has 0 atom stereocenters. The Labute approximate surface area is 109 Å². The maximum absolute atomic E-state index is 11.8. The van der Waals surface area contributed by atoms with Gasteiger partial charge < -0.3 is 10.2 Å². The van der Waals surface area contributed by atoms with Crippen molar-refractivity contribution in [3.8, 4) is 0 Å². The van der Waals surface area contributed by atoms with E-state index < -0.39 is 0 Å². The lowest BCUT2D eigenvalue weighted by molar-refractivity contribution is 0.0950. The number of nitrogens with one attached hydrogen (secondary N) is 1. The second-order valence-electron chi connectivity index (χ2n) is 4.28. The summed E-state index contributed by atoms with van der Waals surface area (Å²) in [6.45, 7) is 1.77. The molecule has 1 aromatic rings. The minimum Gasteiger partial charge on any atom is -0.352 e. The summed E-state index contributed by atoms with van der Waals surface area (Å²) in [4.78, 5) is 14.7. The van der Waals surface area contributed by atoms with E-state index in [4.69, 9.17) is 0 Å². The van der Waals surface area contributed by atoms with Gasteiger partial charge in [0.25, 0.3) is 5.91 Å². The molecule has 0 saturated heterocycles. The molecule has 94 valence electrons. The molecule has 1 N–H and O–H groups in total. The number of benzene rings is 1. The van der Waals surface area contributed by atoms with Gasteiger partial charge in [0.15, 0.2) is 0 Å². The highest BCUT2D eigenvalue weighted by atomic mass is 32.1. The Morgan fingerprint density at radius 3 is 2.65 bits per heavy atom. The van der Waals surface area contributed by atoms with Crippen molar-refractivity contribution in [1.29, 1.82) is 0 Å². The van der Waals surface area contributed by atoms with Crippen LogP contribution >= 0.6 is 12.6 Å². The number of carbonyl (C=O) groups is 1. The Kier molecular flexibility index (Phi) is 6.08. The van der Waals surface area contributed by atoms with Crippen molar-refractivity contribution in [2.75, 3.05) is 27.2 Å². The highest BCUT2D eigenvalue weighted by Crippen LogP contribution is 2.12. The van der Waals surface area contributed by atoms with E-state index in [1.54, 1.807) is 6.07 Å². The van der Waals surface area contributed by atoms with E-state index in [1.807, 2.05) is 18.2 Å². The molecule has 0 aliphatic carbocycles. The summed E-state index contributed by atoms with van der Waals surface area (Å²) in [7, 11) is 4.10. The zero-order valence-corrected chi connectivity index (χ0v) is 11.3. The van der Waals surface area contributed by atoms with Crippen molar-refractivity contribution in [2.24, 2.45) is 0 Å². The first-order valence-electron chi connectivity index (χ1n) is 5.82. The lowest BCUT2D eigenvalue weighted by Crippen LogP contribution is -2.25. The zero-order chi connectivity index (χ0) is 12.7. The van der Waals surface area contributed by atoms with E-state index in [-0.39, 0.29) is 5.91 Å². The summed E-state index contributed by atoms with van der Waals surface area (Å²) in [5.74, 6) is -0.0412. The van der Waals surface area contributed by atoms with Crippen LogP contribution in [0.1, 0.15) is 23.2 Å². The number of carbonyl (C=O) groups excluding carboxylic acids is 1. The van der Waals surface area contributed by atoms with E-state index in [1.165, 1.54) is 0 Å². The minimum absolute atomic E-state index is 0.0412. The van der Waals surface area contributed by atoms with Crippen LogP contribution in [-0.4, -0.2) is 38.0 Å². The topological polar surface area (TPSA) is 32.3 Å². The number of amides is 1. The van der Waals surface area contributed by atoms with Crippen LogP contribution in [0, 0.1) is 0 Å². The second-order valence-corrected chi connectivity index (χ2v) is 4.77. The molecule has 3 nitrogen and oxygen atoms in total. The van der Waals surface area contributed by atoms with Gasteiger partial charge in [0, 0.05) is 11.4 Å². The zero-order valence-electron chi connectivity index (χ0n) is 10.4. The van der Waals surface area contributed by atoms with Crippen molar-refractivity contribution < 1.29 is 4.79 Å². The van der Waals surface area contributed by atoms with Crippen LogP contribution in [0.15, 0.2) is 29.2 Å². The highest BCUT2D eigenvalue weighted by Gasteiger charge is 2.07. The Hall–Kier alpha value is -1.00. The Morgan fingerprint density at radius 1 is 1.29 bits per heavy atom. The van der Waals surface area contributed by atoms with Gasteiger partial charge in [-0.05, 0) is 45.6 Å². The van der Waals surface area contributed by atoms with Gasteiger partial charge in [-0.15, -0.1) is 12.6 Å². The van der Waals surface area contributed by atoms with Crippen LogP contribution in [0.2, 0.25) is 0 Å². The second kappa shape index (κ2) is 7.35. The van der Waals surface area contributed by atoms with E-state index >= 15 is 0 Å². The highest BCUT2D eigenvalue weighted by molar-refractivity contribution is 7.80. The summed E-state index contributed by atoms with van der Waals surface area (Å²) in [6.07, 6.45) is 2.09. The summed E-state index contributed by atoms with van der Waals surface area (Å²) < 4.78 is 0. The molecule has 1 rings (SSSR count). The van der Waals surface area contributed by atoms with E-state index in [2.05, 4.69) is 36.9 Å². The average molecular weight is 252 g/mol. The smallest absolute Gasteiger partial charge is 0.252 e. The summed E-state index contributed by atoms with van der Waals surface area (Å²) in [6, 6.07) is 7.33. The van der Waals surface area contributed by atoms with Crippen molar-refractivity contribution in [3.63, 3.8) is 0 Å². The van der Waals surface area contributed by atoms with E-state index in [9.17, 15) is 4.79 Å². The van der Waals surface area contributed by atoms with E-state index in [0.29, 0.717) is 5.56 Å². The van der Waals surface area contributed by atoms with Crippen molar-refractivity contribution in [1.82, 2.24) is 10.2 Å². The molecule has 1 aromatic carbocycles. The maximum Gasteiger partial charge on any atom is 0.252 e. The van der Waals surface area contributed by atoms with Gasteiger partial charge in [-0.2, -0.15) is 0 Å². The lowest BCUT2D eigenvalue weighted by Gasteiger charge is -2.10. The van der Waals surface area contributed by atoms with Gasteiger partial charge in [0.1, 0.15) is 0 Å². The Bertz CT molecular complexity index is 366. The van der Waals surface area contributed by atoms with Crippen LogP contribution in [0.25, 0.3) is 0 Å². The standard InChI is InChI=1S/C13H20N2OS/c1-15(2)10-6-5-9-14-13(16)11-7-3-4-8-12(11)17/h3-4,7-8,17H,5-6,9-10H2,1-2H3,(H,14,16). The molecule has 0 radical (unpaired) electrons. The van der Waals surface area contributed by atoms with Crippen molar-refractivity contribution in [2.45, 2.75) is 17.7 Å². The monoisotopic (exact) mass is 252 g/mol. The Morgan fingerprint density at radius 2 is 2.00 bits per heavy atom. The summed E-state index contributed by atoms with van der Waals surface area (Å²) in [5.41, 5.74) is 0.642. The van der Waals surface area contributed by atoms with Gasteiger partial charge in [0.05, 0.1) is 5.56 Å². The largest absolute Gasteiger partial charge is 0.352 e. The predicted octanol–water partition coefficient (Wildman–Crippen LogP) is 2.05. The third-order valence-electron chi connectivity index (χ3n) is 2.47. The first-order chi connectivity index (χ1) is 8.11. The number of rotatable bonds is 6. The number of hydrogen-bond donors (Lipinski definition) is 2. The normalized spacial score (nSPS) is 10.6. The fourth-order valence-corrected chi connectivity index (χ4v) is 1.78. The maximum atomic E-state index is 11.8. The molecule has 0 saturated carbocycles. The molecular weight excluding hydrogens is 232 g/mol. The van der Waals surface area contributed by atoms with Crippen LogP contribution < -0.4 is 5.32 Å². The fourth-order valence-electron chi connectivity index (χ4n) is 1.52. The first kappa shape index (κ1) is 14.1. The molecule has 0 spiro atoms. The summed E-state index contributed by atoms with van der Waals surface area (Å²) in [5, 5.41) is 2.91. The van der Waals surface area contributed by atoms with Gasteiger partial charge >= 0.3 is 0 Å². The molecule has 17 heavy (non-hydrogen) atoms. The first-order valence-corrected chi connectivity index (χ1v) is 6.27. The van der Waals surface area contributed by atoms with Crippen molar-refractivity contribution >= 4 is 18.5 Å². The minimum atomic E-state index is -0.0412. The van der Waals surface area contributed by atoms with Crippen LogP contribution in [0.5, 0.6) is 0 Å². The average Bonchev–Trinajstić information content (AvgIpc) is 2.28. The lowest BCUT2D eigenvalue weighted by atomic mass is 10.2. The van der Waals surface area contributed by atoms with E-state index in [0.717, 1.165) is 30.8 Å². The number of hydrogen-bond acceptors (Lipinski definition) is 3. The molecule has 0 fully saturated rings. The molecule has 0 aliphatic rings. The number of unbranched alkanes of at least 4 members (excludes halogenated alkanes) is 1. The van der Waals surface area contributed by atoms with Crippen molar-refractivity contribution in [3.05, 3.63) is 29.8 Å². The van der Waals surface area contributed by atoms with Crippen LogP contribution in [-0.2, 0) is 0 Å². The van der Waals surface area contributed by atoms with Gasteiger partial charge in [-0.25, -0.2) is 0 Å². The third-order valence-corrected chi connectivity index (χ3v) is 2.86. The van der Waals surface area contributed by atoms with Gasteiger partial charge in [-0.1, -0.05) is 12.1 Å². The third kappa shape index (κ3) is 5.24. The predicted molar refractivity (Wildman–Crippen MR) is 73.8 cm³/mol. The number of nitrogens with zero attached hydrogens (tertiary/aromatic N) is 1. The molecule has 4 heteroatoms. The quantitative estimate of drug-likeness (QED) is 0.600. The van der Waals surface area contributed by atoms with Gasteiger partial charge in [-0.3, -0.25) is 4.79 Å². The van der Waals surface area contributed by atoms with Crippen LogP contribution in [0.3, 0.4) is 0 Å².